The fourth-order valence-corrected chi connectivity index (χ4v) is 3.77. The summed E-state index contributed by atoms with van der Waals surface area (Å²) in [6.07, 6.45) is 6.08. The number of aryl methyl sites for hydroxylation is 2. The van der Waals surface area contributed by atoms with E-state index in [1.807, 2.05) is 4.68 Å². The molecule has 2 aliphatic rings. The van der Waals surface area contributed by atoms with Crippen LogP contribution in [0.5, 0.6) is 0 Å². The Hall–Kier alpha value is -2.71. The SMILES string of the molecule is CC[C@@H]1CCCc2nc(C(=O)N[C@H]3CCn4nccc4N(C)C3=O)nn21. The van der Waals surface area contributed by atoms with Gasteiger partial charge < -0.3 is 5.32 Å². The van der Waals surface area contributed by atoms with Crippen molar-refractivity contribution in [3.8, 4) is 0 Å². The predicted molar refractivity (Wildman–Crippen MR) is 93.8 cm³/mol. The van der Waals surface area contributed by atoms with Gasteiger partial charge in [-0.3, -0.25) is 14.5 Å². The van der Waals surface area contributed by atoms with Gasteiger partial charge in [-0.05, 0) is 25.7 Å². The Kier molecular flexibility index (Phi) is 4.21. The molecule has 9 nitrogen and oxygen atoms in total. The van der Waals surface area contributed by atoms with Gasteiger partial charge in [0, 0.05) is 26.1 Å². The van der Waals surface area contributed by atoms with Crippen LogP contribution in [-0.4, -0.2) is 49.4 Å². The van der Waals surface area contributed by atoms with E-state index in [1.54, 1.807) is 24.0 Å². The van der Waals surface area contributed by atoms with Crippen LogP contribution < -0.4 is 10.2 Å². The van der Waals surface area contributed by atoms with Crippen molar-refractivity contribution in [2.75, 3.05) is 11.9 Å². The molecule has 2 aliphatic heterocycles. The number of carbonyl (C=O) groups is 2. The Labute approximate surface area is 151 Å². The van der Waals surface area contributed by atoms with Crippen molar-refractivity contribution in [3.63, 3.8) is 0 Å². The molecular weight excluding hydrogens is 334 g/mol. The van der Waals surface area contributed by atoms with Gasteiger partial charge in [-0.15, -0.1) is 5.10 Å². The highest BCUT2D eigenvalue weighted by Gasteiger charge is 2.31. The predicted octanol–water partition coefficient (Wildman–Crippen LogP) is 0.927. The number of carbonyl (C=O) groups excluding carboxylic acids is 2. The lowest BCUT2D eigenvalue weighted by Gasteiger charge is -2.21. The van der Waals surface area contributed by atoms with Gasteiger partial charge in [-0.1, -0.05) is 6.92 Å². The Morgan fingerprint density at radius 3 is 3.04 bits per heavy atom. The maximum Gasteiger partial charge on any atom is 0.291 e. The molecule has 2 aromatic heterocycles. The summed E-state index contributed by atoms with van der Waals surface area (Å²) in [6, 6.07) is 1.48. The highest BCUT2D eigenvalue weighted by Crippen LogP contribution is 2.25. The van der Waals surface area contributed by atoms with Gasteiger partial charge in [-0.25, -0.2) is 14.3 Å². The van der Waals surface area contributed by atoms with E-state index in [0.29, 0.717) is 19.0 Å². The number of fused-ring (bicyclic) bond motifs is 2. The van der Waals surface area contributed by atoms with Crippen LogP contribution in [0, 0.1) is 0 Å². The second-order valence-corrected chi connectivity index (χ2v) is 6.88. The summed E-state index contributed by atoms with van der Waals surface area (Å²) in [5, 5.41) is 11.4. The van der Waals surface area contributed by atoms with E-state index in [4.69, 9.17) is 0 Å². The van der Waals surface area contributed by atoms with Gasteiger partial charge in [0.1, 0.15) is 17.7 Å². The van der Waals surface area contributed by atoms with Crippen LogP contribution in [0.3, 0.4) is 0 Å². The number of amides is 2. The second kappa shape index (κ2) is 6.54. The lowest BCUT2D eigenvalue weighted by molar-refractivity contribution is -0.120. The Morgan fingerprint density at radius 2 is 2.23 bits per heavy atom. The first kappa shape index (κ1) is 16.7. The summed E-state index contributed by atoms with van der Waals surface area (Å²) in [5.74, 6) is 1.18. The van der Waals surface area contributed by atoms with Crippen molar-refractivity contribution >= 4 is 17.6 Å². The number of likely N-dealkylation sites (N-methyl/N-ethyl adjacent to an activating group) is 1. The number of nitrogens with zero attached hydrogens (tertiary/aromatic N) is 6. The van der Waals surface area contributed by atoms with Crippen LogP contribution in [0.1, 0.15) is 55.1 Å². The van der Waals surface area contributed by atoms with Gasteiger partial charge in [-0.2, -0.15) is 5.10 Å². The first-order valence-electron chi connectivity index (χ1n) is 9.14. The minimum atomic E-state index is -0.614. The molecule has 9 heteroatoms. The van der Waals surface area contributed by atoms with Crippen LogP contribution in [0.15, 0.2) is 12.3 Å². The normalized spacial score (nSPS) is 22.5. The lowest BCUT2D eigenvalue weighted by Crippen LogP contribution is -2.47. The molecule has 0 bridgehead atoms. The van der Waals surface area contributed by atoms with Crippen LogP contribution in [-0.2, 0) is 17.8 Å². The van der Waals surface area contributed by atoms with Crippen molar-refractivity contribution in [2.45, 2.75) is 57.7 Å². The van der Waals surface area contributed by atoms with Crippen molar-refractivity contribution in [3.05, 3.63) is 23.9 Å². The number of hydrogen-bond donors (Lipinski definition) is 1. The Bertz CT molecular complexity index is 840. The van der Waals surface area contributed by atoms with Crippen molar-refractivity contribution in [1.82, 2.24) is 29.9 Å². The van der Waals surface area contributed by atoms with Crippen LogP contribution in [0.25, 0.3) is 0 Å². The van der Waals surface area contributed by atoms with Gasteiger partial charge in [0.2, 0.25) is 5.82 Å². The fourth-order valence-electron chi connectivity index (χ4n) is 3.77. The molecule has 0 unspecified atom stereocenters. The van der Waals surface area contributed by atoms with E-state index in [-0.39, 0.29) is 11.7 Å². The summed E-state index contributed by atoms with van der Waals surface area (Å²) in [5.41, 5.74) is 0. The minimum absolute atomic E-state index is 0.151. The van der Waals surface area contributed by atoms with Crippen molar-refractivity contribution in [1.29, 1.82) is 0 Å². The average Bonchev–Trinajstić information content (AvgIpc) is 3.27. The maximum absolute atomic E-state index is 12.7. The summed E-state index contributed by atoms with van der Waals surface area (Å²) in [4.78, 5) is 31.3. The number of aromatic nitrogens is 5. The topological polar surface area (TPSA) is 97.9 Å². The molecule has 2 atom stereocenters. The first-order chi connectivity index (χ1) is 12.6. The van der Waals surface area contributed by atoms with E-state index in [9.17, 15) is 9.59 Å². The van der Waals surface area contributed by atoms with Gasteiger partial charge in [0.25, 0.3) is 11.8 Å². The van der Waals surface area contributed by atoms with Crippen molar-refractivity contribution < 1.29 is 9.59 Å². The molecule has 0 fully saturated rings. The lowest BCUT2D eigenvalue weighted by atomic mass is 10.0. The van der Waals surface area contributed by atoms with E-state index in [2.05, 4.69) is 27.4 Å². The van der Waals surface area contributed by atoms with Crippen molar-refractivity contribution in [2.24, 2.45) is 0 Å². The third-order valence-corrected chi connectivity index (χ3v) is 5.26. The van der Waals surface area contributed by atoms with Crippen LogP contribution in [0.2, 0.25) is 0 Å². The molecule has 4 heterocycles. The summed E-state index contributed by atoms with van der Waals surface area (Å²) in [6.45, 7) is 2.68. The fraction of sp³-hybridized carbons (Fsp3) is 0.588. The standard InChI is InChI=1S/C17H23N7O2/c1-3-11-5-4-6-13-20-15(21-24(11)13)16(25)19-12-8-10-23-14(7-9-18-23)22(2)17(12)26/h7,9,11-12H,3-6,8,10H2,1-2H3,(H,19,25)/t11-,12+/m1/s1. The third kappa shape index (κ3) is 2.77. The number of anilines is 1. The number of rotatable bonds is 3. The van der Waals surface area contributed by atoms with Crippen LogP contribution in [0.4, 0.5) is 5.82 Å². The molecule has 0 aliphatic carbocycles. The van der Waals surface area contributed by atoms with E-state index >= 15 is 0 Å². The van der Waals surface area contributed by atoms with E-state index in [0.717, 1.165) is 37.3 Å². The maximum atomic E-state index is 12.7. The molecule has 0 saturated carbocycles. The molecule has 1 N–H and O–H groups in total. The zero-order valence-electron chi connectivity index (χ0n) is 15.1. The third-order valence-electron chi connectivity index (χ3n) is 5.26. The smallest absolute Gasteiger partial charge is 0.291 e. The quantitative estimate of drug-likeness (QED) is 0.881. The monoisotopic (exact) mass is 357 g/mol. The molecule has 138 valence electrons. The molecule has 2 amide bonds. The Morgan fingerprint density at radius 1 is 1.38 bits per heavy atom. The summed E-state index contributed by atoms with van der Waals surface area (Å²) >= 11 is 0. The van der Waals surface area contributed by atoms with Gasteiger partial charge >= 0.3 is 0 Å². The van der Waals surface area contributed by atoms with Crippen LogP contribution >= 0.6 is 0 Å². The van der Waals surface area contributed by atoms with Gasteiger partial charge in [0.15, 0.2) is 0 Å². The highest BCUT2D eigenvalue weighted by atomic mass is 16.2. The second-order valence-electron chi connectivity index (χ2n) is 6.88. The average molecular weight is 357 g/mol. The number of hydrogen-bond acceptors (Lipinski definition) is 5. The molecular formula is C17H23N7O2. The summed E-state index contributed by atoms with van der Waals surface area (Å²) < 4.78 is 3.65. The molecule has 0 spiro atoms. The Balaban J connectivity index is 1.51. The zero-order chi connectivity index (χ0) is 18.3. The van der Waals surface area contributed by atoms with E-state index in [1.165, 1.54) is 4.90 Å². The largest absolute Gasteiger partial charge is 0.337 e. The molecule has 4 rings (SSSR count). The highest BCUT2D eigenvalue weighted by molar-refractivity contribution is 6.00. The zero-order valence-corrected chi connectivity index (χ0v) is 15.1. The van der Waals surface area contributed by atoms with Gasteiger partial charge in [0.05, 0.1) is 12.2 Å². The molecule has 0 aromatic carbocycles. The molecule has 26 heavy (non-hydrogen) atoms. The minimum Gasteiger partial charge on any atom is -0.337 e. The molecule has 0 saturated heterocycles. The molecule has 2 aromatic rings. The summed E-state index contributed by atoms with van der Waals surface area (Å²) in [7, 11) is 1.69. The molecule has 0 radical (unpaired) electrons. The first-order valence-corrected chi connectivity index (χ1v) is 9.14. The van der Waals surface area contributed by atoms with E-state index < -0.39 is 11.9 Å². The number of nitrogens with one attached hydrogen (secondary N) is 1.